The van der Waals surface area contributed by atoms with E-state index in [1.807, 2.05) is 26.1 Å². The number of amides is 1. The monoisotopic (exact) mass is 329 g/mol. The first-order valence-electron chi connectivity index (χ1n) is 7.54. The molecule has 0 bridgehead atoms. The molecule has 1 aromatic carbocycles. The number of quaternary nitrogens is 1. The highest BCUT2D eigenvalue weighted by Gasteiger charge is 2.26. The van der Waals surface area contributed by atoms with Gasteiger partial charge in [0.25, 0.3) is 5.91 Å². The average molecular weight is 330 g/mol. The van der Waals surface area contributed by atoms with E-state index in [2.05, 4.69) is 5.32 Å². The van der Waals surface area contributed by atoms with Gasteiger partial charge in [0.2, 0.25) is 0 Å². The average Bonchev–Trinajstić information content (AvgIpc) is 2.95. The SMILES string of the molecule is C[C@H](C(=O)NC1CCCC1)[NH+](C)Cc1cccc(Cl)c1Cl. The first-order chi connectivity index (χ1) is 9.99. The standard InChI is InChI=1S/C16H22Cl2N2O/c1-11(16(21)19-13-7-3-4-8-13)20(2)10-12-6-5-9-14(17)15(12)18/h5-6,9,11,13H,3-4,7-8,10H2,1-2H3,(H,19,21)/p+1/t11-/m1/s1. The van der Waals surface area contributed by atoms with Crippen molar-refractivity contribution in [1.82, 2.24) is 5.32 Å². The molecule has 1 fully saturated rings. The van der Waals surface area contributed by atoms with Crippen molar-refractivity contribution >= 4 is 29.1 Å². The summed E-state index contributed by atoms with van der Waals surface area (Å²) in [5.41, 5.74) is 0.974. The van der Waals surface area contributed by atoms with Gasteiger partial charge < -0.3 is 10.2 Å². The Morgan fingerprint density at radius 3 is 2.71 bits per heavy atom. The third-order valence-corrected chi connectivity index (χ3v) is 5.19. The molecule has 2 atom stereocenters. The number of halogens is 2. The van der Waals surface area contributed by atoms with Crippen molar-refractivity contribution in [2.24, 2.45) is 0 Å². The molecule has 5 heteroatoms. The molecule has 1 aliphatic rings. The molecule has 0 spiro atoms. The van der Waals surface area contributed by atoms with E-state index in [-0.39, 0.29) is 11.9 Å². The molecule has 1 unspecified atom stereocenters. The molecule has 2 rings (SSSR count). The molecule has 0 heterocycles. The highest BCUT2D eigenvalue weighted by Crippen LogP contribution is 2.24. The van der Waals surface area contributed by atoms with Gasteiger partial charge in [0, 0.05) is 11.6 Å². The van der Waals surface area contributed by atoms with E-state index < -0.39 is 0 Å². The number of carbonyl (C=O) groups excluding carboxylic acids is 1. The summed E-state index contributed by atoms with van der Waals surface area (Å²) in [6.45, 7) is 2.64. The summed E-state index contributed by atoms with van der Waals surface area (Å²) in [4.78, 5) is 13.4. The lowest BCUT2D eigenvalue weighted by atomic mass is 10.1. The van der Waals surface area contributed by atoms with E-state index in [9.17, 15) is 4.79 Å². The van der Waals surface area contributed by atoms with Gasteiger partial charge in [0.15, 0.2) is 6.04 Å². The van der Waals surface area contributed by atoms with Crippen LogP contribution in [0.15, 0.2) is 18.2 Å². The molecule has 0 radical (unpaired) electrons. The summed E-state index contributed by atoms with van der Waals surface area (Å²) >= 11 is 12.2. The van der Waals surface area contributed by atoms with Crippen LogP contribution in [0.3, 0.4) is 0 Å². The molecule has 1 saturated carbocycles. The van der Waals surface area contributed by atoms with Crippen molar-refractivity contribution in [3.05, 3.63) is 33.8 Å². The minimum absolute atomic E-state index is 0.111. The fourth-order valence-electron chi connectivity index (χ4n) is 2.76. The molecule has 21 heavy (non-hydrogen) atoms. The van der Waals surface area contributed by atoms with E-state index in [1.54, 1.807) is 6.07 Å². The first kappa shape index (κ1) is 16.6. The van der Waals surface area contributed by atoms with Crippen molar-refractivity contribution in [1.29, 1.82) is 0 Å². The highest BCUT2D eigenvalue weighted by atomic mass is 35.5. The lowest BCUT2D eigenvalue weighted by Gasteiger charge is -2.23. The molecule has 0 aromatic heterocycles. The van der Waals surface area contributed by atoms with Crippen molar-refractivity contribution in [2.45, 2.75) is 51.2 Å². The van der Waals surface area contributed by atoms with Gasteiger partial charge in [-0.2, -0.15) is 0 Å². The van der Waals surface area contributed by atoms with Crippen LogP contribution in [-0.4, -0.2) is 25.0 Å². The zero-order valence-corrected chi connectivity index (χ0v) is 14.1. The Kier molecular flexibility index (Phi) is 5.91. The lowest BCUT2D eigenvalue weighted by Crippen LogP contribution is -3.12. The Hall–Kier alpha value is -0.770. The molecule has 3 nitrogen and oxygen atoms in total. The maximum absolute atomic E-state index is 12.3. The van der Waals surface area contributed by atoms with Gasteiger partial charge in [-0.25, -0.2) is 0 Å². The molecule has 1 amide bonds. The predicted octanol–water partition coefficient (Wildman–Crippen LogP) is 2.46. The summed E-state index contributed by atoms with van der Waals surface area (Å²) in [6, 6.07) is 5.88. The van der Waals surface area contributed by atoms with Crippen LogP contribution in [0.5, 0.6) is 0 Å². The molecular weight excluding hydrogens is 307 g/mol. The number of hydrogen-bond acceptors (Lipinski definition) is 1. The zero-order chi connectivity index (χ0) is 15.4. The fourth-order valence-corrected chi connectivity index (χ4v) is 3.15. The minimum Gasteiger partial charge on any atom is -0.348 e. The van der Waals surface area contributed by atoms with Crippen LogP contribution >= 0.6 is 23.2 Å². The van der Waals surface area contributed by atoms with Gasteiger partial charge in [-0.1, -0.05) is 48.2 Å². The Morgan fingerprint density at radius 2 is 2.05 bits per heavy atom. The van der Waals surface area contributed by atoms with Gasteiger partial charge in [0.05, 0.1) is 17.1 Å². The van der Waals surface area contributed by atoms with Crippen molar-refractivity contribution in [3.63, 3.8) is 0 Å². The van der Waals surface area contributed by atoms with Crippen molar-refractivity contribution < 1.29 is 9.69 Å². The summed E-state index contributed by atoms with van der Waals surface area (Å²) in [7, 11) is 2.01. The van der Waals surface area contributed by atoms with Crippen LogP contribution < -0.4 is 10.2 Å². The van der Waals surface area contributed by atoms with Crippen LogP contribution in [-0.2, 0) is 11.3 Å². The van der Waals surface area contributed by atoms with Gasteiger partial charge in [-0.3, -0.25) is 4.79 Å². The van der Waals surface area contributed by atoms with Gasteiger partial charge in [0.1, 0.15) is 6.54 Å². The summed E-state index contributed by atoms with van der Waals surface area (Å²) < 4.78 is 0. The third kappa shape index (κ3) is 4.35. The van der Waals surface area contributed by atoms with E-state index in [4.69, 9.17) is 23.2 Å². The Labute approximate surface area is 136 Å². The fraction of sp³-hybridized carbons (Fsp3) is 0.562. The summed E-state index contributed by atoms with van der Waals surface area (Å²) in [5, 5.41) is 4.30. The van der Waals surface area contributed by atoms with Crippen LogP contribution in [0.4, 0.5) is 0 Å². The highest BCUT2D eigenvalue weighted by molar-refractivity contribution is 6.42. The van der Waals surface area contributed by atoms with E-state index >= 15 is 0 Å². The van der Waals surface area contributed by atoms with E-state index in [0.717, 1.165) is 23.3 Å². The largest absolute Gasteiger partial charge is 0.348 e. The lowest BCUT2D eigenvalue weighted by molar-refractivity contribution is -0.908. The second-order valence-corrected chi connectivity index (χ2v) is 6.73. The number of nitrogens with one attached hydrogen (secondary N) is 2. The Bertz CT molecular complexity index is 501. The smallest absolute Gasteiger partial charge is 0.278 e. The Balaban J connectivity index is 1.93. The molecule has 1 aromatic rings. The topological polar surface area (TPSA) is 33.5 Å². The van der Waals surface area contributed by atoms with Crippen LogP contribution in [0.1, 0.15) is 38.2 Å². The van der Waals surface area contributed by atoms with Crippen LogP contribution in [0.25, 0.3) is 0 Å². The number of rotatable bonds is 5. The maximum Gasteiger partial charge on any atom is 0.278 e. The number of benzene rings is 1. The number of hydrogen-bond donors (Lipinski definition) is 2. The number of likely N-dealkylation sites (N-methyl/N-ethyl adjacent to an activating group) is 1. The second-order valence-electron chi connectivity index (χ2n) is 5.95. The van der Waals surface area contributed by atoms with Gasteiger partial charge in [-0.15, -0.1) is 0 Å². The maximum atomic E-state index is 12.3. The summed E-state index contributed by atoms with van der Waals surface area (Å²) in [6.07, 6.45) is 4.66. The van der Waals surface area contributed by atoms with Gasteiger partial charge >= 0.3 is 0 Å². The molecule has 0 saturated heterocycles. The third-order valence-electron chi connectivity index (χ3n) is 4.33. The Morgan fingerprint density at radius 1 is 1.38 bits per heavy atom. The van der Waals surface area contributed by atoms with Crippen LogP contribution in [0, 0.1) is 0 Å². The normalized spacial score (nSPS) is 18.5. The van der Waals surface area contributed by atoms with E-state index in [1.165, 1.54) is 12.8 Å². The van der Waals surface area contributed by atoms with Crippen LogP contribution in [0.2, 0.25) is 10.0 Å². The zero-order valence-electron chi connectivity index (χ0n) is 12.6. The first-order valence-corrected chi connectivity index (χ1v) is 8.30. The predicted molar refractivity (Wildman–Crippen MR) is 86.9 cm³/mol. The quantitative estimate of drug-likeness (QED) is 0.854. The summed E-state index contributed by atoms with van der Waals surface area (Å²) in [5.74, 6) is 0.123. The molecule has 1 aliphatic carbocycles. The molecular formula is C16H23Cl2N2O+. The van der Waals surface area contributed by atoms with Gasteiger partial charge in [-0.05, 0) is 25.8 Å². The number of carbonyl (C=O) groups is 1. The molecule has 0 aliphatic heterocycles. The molecule has 2 N–H and O–H groups in total. The second kappa shape index (κ2) is 7.48. The van der Waals surface area contributed by atoms with E-state index in [0.29, 0.717) is 22.6 Å². The van der Waals surface area contributed by atoms with Crippen molar-refractivity contribution in [2.75, 3.05) is 7.05 Å². The van der Waals surface area contributed by atoms with Crippen molar-refractivity contribution in [3.8, 4) is 0 Å². The minimum atomic E-state index is -0.111. The molecule has 116 valence electrons.